The van der Waals surface area contributed by atoms with Crippen molar-refractivity contribution in [2.45, 2.75) is 4.90 Å². The number of sulfonamides is 1. The normalized spacial score (nSPS) is 11.3. The maximum absolute atomic E-state index is 13.3. The monoisotopic (exact) mass is 334 g/mol. The second kappa shape index (κ2) is 5.47. The zero-order chi connectivity index (χ0) is 14.9. The molecule has 8 heteroatoms. The van der Waals surface area contributed by atoms with E-state index in [2.05, 4.69) is 4.72 Å². The number of rotatable bonds is 3. The molecule has 0 aromatic heterocycles. The van der Waals surface area contributed by atoms with E-state index >= 15 is 0 Å². The Labute approximate surface area is 125 Å². The molecule has 2 aromatic carbocycles. The van der Waals surface area contributed by atoms with Gasteiger partial charge in [0.05, 0.1) is 21.4 Å². The van der Waals surface area contributed by atoms with Gasteiger partial charge in [-0.25, -0.2) is 12.8 Å². The lowest BCUT2D eigenvalue weighted by molar-refractivity contribution is 0.601. The second-order valence-electron chi connectivity index (χ2n) is 3.89. The Morgan fingerprint density at radius 3 is 2.40 bits per heavy atom. The van der Waals surface area contributed by atoms with E-state index < -0.39 is 15.8 Å². The largest absolute Gasteiger partial charge is 0.398 e. The third kappa shape index (κ3) is 2.98. The van der Waals surface area contributed by atoms with Crippen molar-refractivity contribution in [2.75, 3.05) is 10.5 Å². The average molecular weight is 335 g/mol. The average Bonchev–Trinajstić information content (AvgIpc) is 2.33. The zero-order valence-corrected chi connectivity index (χ0v) is 12.2. The van der Waals surface area contributed by atoms with Gasteiger partial charge in [-0.2, -0.15) is 0 Å². The van der Waals surface area contributed by atoms with Gasteiger partial charge in [0, 0.05) is 0 Å². The molecule has 2 aromatic rings. The molecule has 0 amide bonds. The number of nitrogens with one attached hydrogen (secondary N) is 1. The van der Waals surface area contributed by atoms with E-state index in [0.29, 0.717) is 0 Å². The number of hydrogen-bond acceptors (Lipinski definition) is 3. The van der Waals surface area contributed by atoms with Crippen LogP contribution in [0.25, 0.3) is 0 Å². The van der Waals surface area contributed by atoms with Crippen molar-refractivity contribution >= 4 is 44.6 Å². The molecule has 0 aliphatic carbocycles. The highest BCUT2D eigenvalue weighted by Crippen LogP contribution is 2.29. The van der Waals surface area contributed by atoms with Crippen LogP contribution in [0.1, 0.15) is 0 Å². The number of halogens is 3. The van der Waals surface area contributed by atoms with Crippen molar-refractivity contribution in [2.24, 2.45) is 0 Å². The van der Waals surface area contributed by atoms with Crippen LogP contribution in [-0.4, -0.2) is 8.42 Å². The molecule has 106 valence electrons. The third-order valence-corrected chi connectivity index (χ3v) is 4.67. The number of benzene rings is 2. The lowest BCUT2D eigenvalue weighted by Crippen LogP contribution is -2.15. The molecule has 0 unspecified atom stereocenters. The quantitative estimate of drug-likeness (QED) is 0.843. The Hall–Kier alpha value is -1.50. The molecule has 0 aliphatic rings. The van der Waals surface area contributed by atoms with Crippen molar-refractivity contribution < 1.29 is 12.8 Å². The summed E-state index contributed by atoms with van der Waals surface area (Å²) in [7, 11) is -4.02. The molecule has 0 fully saturated rings. The summed E-state index contributed by atoms with van der Waals surface area (Å²) < 4.78 is 39.9. The first-order chi connectivity index (χ1) is 9.31. The first-order valence-electron chi connectivity index (χ1n) is 5.33. The van der Waals surface area contributed by atoms with Crippen LogP contribution >= 0.6 is 23.2 Å². The summed E-state index contributed by atoms with van der Waals surface area (Å²) in [5.41, 5.74) is 5.64. The van der Waals surface area contributed by atoms with E-state index in [1.807, 2.05) is 0 Å². The first kappa shape index (κ1) is 14.9. The van der Waals surface area contributed by atoms with Gasteiger partial charge in [-0.1, -0.05) is 29.3 Å². The molecule has 0 aliphatic heterocycles. The van der Waals surface area contributed by atoms with Crippen LogP contribution in [0.3, 0.4) is 0 Å². The highest BCUT2D eigenvalue weighted by atomic mass is 35.5. The predicted octanol–water partition coefficient (Wildman–Crippen LogP) is 3.52. The van der Waals surface area contributed by atoms with Gasteiger partial charge in [0.2, 0.25) is 0 Å². The second-order valence-corrected chi connectivity index (χ2v) is 6.33. The van der Waals surface area contributed by atoms with Gasteiger partial charge in [-0.3, -0.25) is 4.72 Å². The fraction of sp³-hybridized carbons (Fsp3) is 0. The lowest BCUT2D eigenvalue weighted by atomic mass is 10.3. The minimum Gasteiger partial charge on any atom is -0.398 e. The van der Waals surface area contributed by atoms with Gasteiger partial charge in [-0.15, -0.1) is 0 Å². The van der Waals surface area contributed by atoms with Crippen LogP contribution in [0.2, 0.25) is 10.0 Å². The van der Waals surface area contributed by atoms with Gasteiger partial charge < -0.3 is 5.73 Å². The summed E-state index contributed by atoms with van der Waals surface area (Å²) in [4.78, 5) is -0.253. The first-order valence-corrected chi connectivity index (χ1v) is 7.57. The fourth-order valence-electron chi connectivity index (χ4n) is 1.57. The minimum absolute atomic E-state index is 0.000523. The molecule has 0 saturated carbocycles. The Morgan fingerprint density at radius 1 is 1.10 bits per heavy atom. The molecular formula is C12H9Cl2FN2O2S. The van der Waals surface area contributed by atoms with Crippen molar-refractivity contribution in [1.82, 2.24) is 0 Å². The van der Waals surface area contributed by atoms with Crippen LogP contribution < -0.4 is 10.5 Å². The Morgan fingerprint density at radius 2 is 1.80 bits per heavy atom. The van der Waals surface area contributed by atoms with Gasteiger partial charge in [0.25, 0.3) is 10.0 Å². The Bertz CT molecular complexity index is 746. The van der Waals surface area contributed by atoms with Crippen molar-refractivity contribution in [3.63, 3.8) is 0 Å². The smallest absolute Gasteiger partial charge is 0.265 e. The molecule has 4 nitrogen and oxygen atoms in total. The Balaban J connectivity index is 2.43. The van der Waals surface area contributed by atoms with Crippen molar-refractivity contribution in [3.8, 4) is 0 Å². The van der Waals surface area contributed by atoms with Gasteiger partial charge in [0.15, 0.2) is 0 Å². The van der Waals surface area contributed by atoms with E-state index in [1.165, 1.54) is 30.3 Å². The van der Waals surface area contributed by atoms with Crippen LogP contribution in [0.15, 0.2) is 41.3 Å². The minimum atomic E-state index is -4.02. The maximum atomic E-state index is 13.3. The molecule has 0 heterocycles. The van der Waals surface area contributed by atoms with Crippen LogP contribution in [0, 0.1) is 5.82 Å². The van der Waals surface area contributed by atoms with E-state index in [9.17, 15) is 12.8 Å². The molecule has 2 rings (SSSR count). The van der Waals surface area contributed by atoms with E-state index in [-0.39, 0.29) is 26.3 Å². The maximum Gasteiger partial charge on any atom is 0.265 e. The van der Waals surface area contributed by atoms with E-state index in [4.69, 9.17) is 28.9 Å². The van der Waals surface area contributed by atoms with E-state index in [1.54, 1.807) is 0 Å². The highest BCUT2D eigenvalue weighted by molar-refractivity contribution is 7.93. The molecule has 3 N–H and O–H groups in total. The van der Waals surface area contributed by atoms with Crippen molar-refractivity contribution in [3.05, 3.63) is 52.3 Å². The molecular weight excluding hydrogens is 326 g/mol. The standard InChI is InChI=1S/C12H9Cl2FN2O2S/c13-8-5-4-7(6-10(8)15)17-20(18,19)12-9(14)2-1-3-11(12)16/h1-6,17H,16H2. The summed E-state index contributed by atoms with van der Waals surface area (Å²) in [5.74, 6) is -0.737. The summed E-state index contributed by atoms with van der Waals surface area (Å²) in [6.45, 7) is 0. The fourth-order valence-corrected chi connectivity index (χ4v) is 3.42. The predicted molar refractivity (Wildman–Crippen MR) is 78.1 cm³/mol. The molecule has 0 radical (unpaired) electrons. The summed E-state index contributed by atoms with van der Waals surface area (Å²) in [6, 6.07) is 7.87. The van der Waals surface area contributed by atoms with Crippen LogP contribution in [0.4, 0.5) is 15.8 Å². The summed E-state index contributed by atoms with van der Waals surface area (Å²) in [6.07, 6.45) is 0. The van der Waals surface area contributed by atoms with Crippen LogP contribution in [-0.2, 0) is 10.0 Å². The zero-order valence-electron chi connectivity index (χ0n) is 9.90. The molecule has 20 heavy (non-hydrogen) atoms. The molecule has 0 bridgehead atoms. The Kier molecular flexibility index (Phi) is 4.08. The molecule has 0 atom stereocenters. The number of anilines is 2. The number of hydrogen-bond donors (Lipinski definition) is 2. The highest BCUT2D eigenvalue weighted by Gasteiger charge is 2.21. The van der Waals surface area contributed by atoms with Gasteiger partial charge >= 0.3 is 0 Å². The molecule has 0 saturated heterocycles. The van der Waals surface area contributed by atoms with E-state index in [0.717, 1.165) is 6.07 Å². The lowest BCUT2D eigenvalue weighted by Gasteiger charge is -2.11. The third-order valence-electron chi connectivity index (χ3n) is 2.44. The topological polar surface area (TPSA) is 72.2 Å². The number of nitrogen functional groups attached to an aromatic ring is 1. The number of nitrogens with two attached hydrogens (primary N) is 1. The van der Waals surface area contributed by atoms with Gasteiger partial charge in [0.1, 0.15) is 10.7 Å². The molecule has 0 spiro atoms. The SMILES string of the molecule is Nc1cccc(Cl)c1S(=O)(=O)Nc1ccc(Cl)c(F)c1. The van der Waals surface area contributed by atoms with Gasteiger partial charge in [-0.05, 0) is 30.3 Å². The summed E-state index contributed by atoms with van der Waals surface area (Å²) in [5, 5.41) is -0.128. The summed E-state index contributed by atoms with van der Waals surface area (Å²) >= 11 is 11.4. The van der Waals surface area contributed by atoms with Crippen LogP contribution in [0.5, 0.6) is 0 Å². The van der Waals surface area contributed by atoms with Crippen molar-refractivity contribution in [1.29, 1.82) is 0 Å².